The van der Waals surface area contributed by atoms with Crippen molar-refractivity contribution in [1.29, 1.82) is 0 Å². The van der Waals surface area contributed by atoms with Crippen LogP contribution in [0.2, 0.25) is 15.5 Å². The molecule has 0 amide bonds. The van der Waals surface area contributed by atoms with Crippen molar-refractivity contribution in [2.24, 2.45) is 0 Å². The van der Waals surface area contributed by atoms with E-state index in [0.29, 0.717) is 21.1 Å². The molecule has 0 N–H and O–H groups in total. The molecule has 5 rings (SSSR count). The Balaban J connectivity index is 0.000000136. The Morgan fingerprint density at radius 2 is 1.41 bits per heavy atom. The van der Waals surface area contributed by atoms with Crippen molar-refractivity contribution >= 4 is 46.1 Å². The summed E-state index contributed by atoms with van der Waals surface area (Å²) in [5, 5.41) is 9.61. The molecule has 0 saturated carbocycles. The number of fused-ring (bicyclic) bond motifs is 2. The molecule has 4 aromatic rings. The first-order valence-corrected chi connectivity index (χ1v) is 10.4. The van der Waals surface area contributed by atoms with Gasteiger partial charge in [-0.1, -0.05) is 48.1 Å². The van der Waals surface area contributed by atoms with Crippen LogP contribution in [0.15, 0.2) is 36.7 Å². The van der Waals surface area contributed by atoms with Crippen LogP contribution < -0.4 is 0 Å². The summed E-state index contributed by atoms with van der Waals surface area (Å²) in [4.78, 5) is 8.04. The molecule has 1 saturated heterocycles. The van der Waals surface area contributed by atoms with Crippen LogP contribution in [0, 0.1) is 0 Å². The Morgan fingerprint density at radius 1 is 0.828 bits per heavy atom. The van der Waals surface area contributed by atoms with E-state index in [0.717, 1.165) is 37.4 Å². The highest BCUT2D eigenvalue weighted by Gasteiger charge is 2.01. The predicted molar refractivity (Wildman–Crippen MR) is 115 cm³/mol. The van der Waals surface area contributed by atoms with E-state index in [2.05, 4.69) is 27.1 Å². The molecule has 1 fully saturated rings. The van der Waals surface area contributed by atoms with Crippen LogP contribution in [0.1, 0.15) is 31.9 Å². The van der Waals surface area contributed by atoms with Gasteiger partial charge in [-0.2, -0.15) is 10.2 Å². The Hall–Kier alpha value is -1.93. The molecule has 29 heavy (non-hydrogen) atoms. The summed E-state index contributed by atoms with van der Waals surface area (Å²) in [5.74, 6) is 0. The predicted octanol–water partition coefficient (Wildman–Crippen LogP) is 5.17. The molecule has 4 aromatic heterocycles. The topological polar surface area (TPSA) is 69.6 Å². The standard InChI is InChI=1S/C9H10ClN3.C6H3Cl2N3.C4H8O/c1-2-3-7-4-5-9-11-8(10)6-13(9)12-7;7-4-1-2-6-9-5(8)3-11(6)10-4;1-2-4-5-3-1/h4-6H,2-3H2,1H3;1-3H;1-4H2. The number of hydrogen-bond acceptors (Lipinski definition) is 5. The van der Waals surface area contributed by atoms with Crippen molar-refractivity contribution in [2.75, 3.05) is 13.2 Å². The zero-order chi connectivity index (χ0) is 20.6. The number of rotatable bonds is 2. The van der Waals surface area contributed by atoms with Crippen molar-refractivity contribution in [2.45, 2.75) is 32.6 Å². The van der Waals surface area contributed by atoms with Crippen LogP contribution in [0.5, 0.6) is 0 Å². The minimum absolute atomic E-state index is 0.416. The van der Waals surface area contributed by atoms with Gasteiger partial charge in [0.25, 0.3) is 0 Å². The normalized spacial score (nSPS) is 13.1. The fourth-order valence-corrected chi connectivity index (χ4v) is 3.12. The quantitative estimate of drug-likeness (QED) is 0.417. The van der Waals surface area contributed by atoms with Gasteiger partial charge in [0, 0.05) is 13.2 Å². The fourth-order valence-electron chi connectivity index (χ4n) is 2.62. The van der Waals surface area contributed by atoms with Crippen molar-refractivity contribution in [1.82, 2.24) is 29.2 Å². The summed E-state index contributed by atoms with van der Waals surface area (Å²) >= 11 is 17.0. The summed E-state index contributed by atoms with van der Waals surface area (Å²) in [7, 11) is 0. The zero-order valence-corrected chi connectivity index (χ0v) is 18.2. The van der Waals surface area contributed by atoms with Crippen LogP contribution in [0.3, 0.4) is 0 Å². The van der Waals surface area contributed by atoms with E-state index in [9.17, 15) is 0 Å². The smallest absolute Gasteiger partial charge is 0.155 e. The van der Waals surface area contributed by atoms with Gasteiger partial charge in [-0.25, -0.2) is 19.0 Å². The number of imidazole rings is 2. The van der Waals surface area contributed by atoms with Crippen LogP contribution in [-0.2, 0) is 11.2 Å². The largest absolute Gasteiger partial charge is 0.381 e. The minimum Gasteiger partial charge on any atom is -0.381 e. The molecule has 5 heterocycles. The van der Waals surface area contributed by atoms with E-state index < -0.39 is 0 Å². The van der Waals surface area contributed by atoms with E-state index >= 15 is 0 Å². The maximum Gasteiger partial charge on any atom is 0.155 e. The van der Waals surface area contributed by atoms with Crippen molar-refractivity contribution in [3.8, 4) is 0 Å². The van der Waals surface area contributed by atoms with E-state index in [1.807, 2.05) is 12.1 Å². The molecule has 10 heteroatoms. The maximum atomic E-state index is 5.74. The number of halogens is 3. The first kappa shape index (κ1) is 21.8. The second-order valence-electron chi connectivity index (χ2n) is 6.28. The number of nitrogens with zero attached hydrogens (tertiary/aromatic N) is 6. The van der Waals surface area contributed by atoms with Crippen molar-refractivity contribution in [3.63, 3.8) is 0 Å². The highest BCUT2D eigenvalue weighted by atomic mass is 35.5. The molecule has 0 unspecified atom stereocenters. The average molecular weight is 456 g/mol. The Labute approximate surface area is 183 Å². The molecular weight excluding hydrogens is 435 g/mol. The van der Waals surface area contributed by atoms with Crippen LogP contribution >= 0.6 is 34.8 Å². The molecule has 0 aliphatic carbocycles. The number of aryl methyl sites for hydroxylation is 1. The Kier molecular flexibility index (Phi) is 8.06. The lowest BCUT2D eigenvalue weighted by atomic mass is 10.2. The first-order chi connectivity index (χ1) is 14.0. The van der Waals surface area contributed by atoms with Gasteiger partial charge in [-0.15, -0.1) is 0 Å². The maximum absolute atomic E-state index is 5.74. The molecule has 154 valence electrons. The van der Waals surface area contributed by atoms with E-state index in [-0.39, 0.29) is 0 Å². The fraction of sp³-hybridized carbons (Fsp3) is 0.368. The SMILES string of the molecule is C1CCOC1.CCCc1ccc2nc(Cl)cn2n1.Clc1cn2nc(Cl)ccc2n1. The van der Waals surface area contributed by atoms with Gasteiger partial charge in [0.15, 0.2) is 11.3 Å². The second kappa shape index (κ2) is 10.7. The molecule has 0 atom stereocenters. The summed E-state index contributed by atoms with van der Waals surface area (Å²) < 4.78 is 8.19. The third-order valence-corrected chi connectivity index (χ3v) is 4.50. The summed E-state index contributed by atoms with van der Waals surface area (Å²) in [6, 6.07) is 7.34. The highest BCUT2D eigenvalue weighted by molar-refractivity contribution is 6.30. The van der Waals surface area contributed by atoms with Gasteiger partial charge >= 0.3 is 0 Å². The van der Waals surface area contributed by atoms with Gasteiger partial charge in [-0.05, 0) is 43.5 Å². The van der Waals surface area contributed by atoms with Crippen LogP contribution in [0.4, 0.5) is 0 Å². The molecule has 7 nitrogen and oxygen atoms in total. The lowest BCUT2D eigenvalue weighted by Gasteiger charge is -1.97. The van der Waals surface area contributed by atoms with Crippen LogP contribution in [-0.4, -0.2) is 42.4 Å². The van der Waals surface area contributed by atoms with Gasteiger partial charge in [-0.3, -0.25) is 0 Å². The number of hydrogen-bond donors (Lipinski definition) is 0. The average Bonchev–Trinajstić information content (AvgIpc) is 3.42. The summed E-state index contributed by atoms with van der Waals surface area (Å²) in [6.45, 7) is 4.13. The molecule has 1 aliphatic heterocycles. The first-order valence-electron chi connectivity index (χ1n) is 9.31. The van der Waals surface area contributed by atoms with Gasteiger partial charge < -0.3 is 4.74 Å². The molecular formula is C19H21Cl3N6O. The lowest BCUT2D eigenvalue weighted by molar-refractivity contribution is 0.198. The summed E-state index contributed by atoms with van der Waals surface area (Å²) in [5.41, 5.74) is 2.56. The molecule has 0 spiro atoms. The summed E-state index contributed by atoms with van der Waals surface area (Å²) in [6.07, 6.45) is 7.96. The zero-order valence-electron chi connectivity index (χ0n) is 15.9. The Bertz CT molecular complexity index is 1050. The van der Waals surface area contributed by atoms with Crippen molar-refractivity contribution in [3.05, 3.63) is 57.8 Å². The van der Waals surface area contributed by atoms with Gasteiger partial charge in [0.2, 0.25) is 0 Å². The monoisotopic (exact) mass is 454 g/mol. The number of ether oxygens (including phenoxy) is 1. The Morgan fingerprint density at radius 3 is 1.97 bits per heavy atom. The third kappa shape index (κ3) is 6.54. The van der Waals surface area contributed by atoms with Gasteiger partial charge in [0.1, 0.15) is 15.5 Å². The van der Waals surface area contributed by atoms with E-state index in [1.54, 1.807) is 29.0 Å². The van der Waals surface area contributed by atoms with Crippen molar-refractivity contribution < 1.29 is 4.74 Å². The van der Waals surface area contributed by atoms with Crippen LogP contribution in [0.25, 0.3) is 11.3 Å². The van der Waals surface area contributed by atoms with E-state index in [1.165, 1.54) is 17.4 Å². The number of aromatic nitrogens is 6. The van der Waals surface area contributed by atoms with E-state index in [4.69, 9.17) is 39.5 Å². The molecule has 1 aliphatic rings. The van der Waals surface area contributed by atoms with Gasteiger partial charge in [0.05, 0.1) is 18.1 Å². The molecule has 0 radical (unpaired) electrons. The molecule has 0 aromatic carbocycles. The molecule has 0 bridgehead atoms. The lowest BCUT2D eigenvalue weighted by Crippen LogP contribution is -1.96. The third-order valence-electron chi connectivity index (χ3n) is 3.94. The minimum atomic E-state index is 0.416. The second-order valence-corrected chi connectivity index (χ2v) is 7.44. The highest BCUT2D eigenvalue weighted by Crippen LogP contribution is 2.11.